The minimum atomic E-state index is -0.621. The lowest BCUT2D eigenvalue weighted by Gasteiger charge is -2.48. The van der Waals surface area contributed by atoms with E-state index in [4.69, 9.17) is 5.73 Å². The standard InChI is InChI=1S/C23H43NO2.ClH/c1-14(2)18-8-6-16(5)12-21(18)17-7-9-19(15(3)4)22(13-17)20(10-11-24)23(25)26;/h14-22H,6-13,24H2,1-5H3,(H,25,26);1H/t16?,17-,18?,19?,20+,21?,22-;/m1./s1. The van der Waals surface area contributed by atoms with E-state index in [0.717, 1.165) is 30.1 Å². The Morgan fingerprint density at radius 2 is 1.56 bits per heavy atom. The number of hydrogen-bond acceptors (Lipinski definition) is 2. The summed E-state index contributed by atoms with van der Waals surface area (Å²) in [5.74, 6) is 4.43. The van der Waals surface area contributed by atoms with Crippen LogP contribution in [0.15, 0.2) is 0 Å². The van der Waals surface area contributed by atoms with Gasteiger partial charge in [0, 0.05) is 0 Å². The molecule has 2 aliphatic carbocycles. The molecule has 3 N–H and O–H groups in total. The molecule has 0 aromatic rings. The Hall–Kier alpha value is -0.280. The summed E-state index contributed by atoms with van der Waals surface area (Å²) in [5.41, 5.74) is 5.79. The lowest BCUT2D eigenvalue weighted by molar-refractivity contribution is -0.146. The molecule has 2 fully saturated rings. The van der Waals surface area contributed by atoms with Crippen LogP contribution in [0.25, 0.3) is 0 Å². The van der Waals surface area contributed by atoms with Crippen molar-refractivity contribution in [3.63, 3.8) is 0 Å². The van der Waals surface area contributed by atoms with Crippen molar-refractivity contribution in [3.05, 3.63) is 0 Å². The molecule has 0 heterocycles. The quantitative estimate of drug-likeness (QED) is 0.561. The van der Waals surface area contributed by atoms with Crippen molar-refractivity contribution < 1.29 is 9.90 Å². The Morgan fingerprint density at radius 1 is 0.963 bits per heavy atom. The van der Waals surface area contributed by atoms with Gasteiger partial charge in [0.15, 0.2) is 0 Å². The van der Waals surface area contributed by atoms with Gasteiger partial charge in [-0.15, -0.1) is 12.4 Å². The molecule has 0 amide bonds. The van der Waals surface area contributed by atoms with Crippen molar-refractivity contribution in [2.75, 3.05) is 6.54 Å². The first kappa shape index (κ1) is 24.8. The van der Waals surface area contributed by atoms with Gasteiger partial charge >= 0.3 is 5.97 Å². The van der Waals surface area contributed by atoms with E-state index in [9.17, 15) is 9.90 Å². The molecule has 7 atom stereocenters. The Labute approximate surface area is 173 Å². The predicted molar refractivity (Wildman–Crippen MR) is 116 cm³/mol. The zero-order valence-electron chi connectivity index (χ0n) is 18.2. The molecule has 0 aliphatic heterocycles. The van der Waals surface area contributed by atoms with E-state index in [1.165, 1.54) is 32.1 Å². The first-order valence-corrected chi connectivity index (χ1v) is 11.2. The summed E-state index contributed by atoms with van der Waals surface area (Å²) in [6.07, 6.45) is 8.33. The molecule has 4 heteroatoms. The minimum absolute atomic E-state index is 0. The van der Waals surface area contributed by atoms with Gasteiger partial charge in [-0.3, -0.25) is 4.79 Å². The van der Waals surface area contributed by atoms with Crippen LogP contribution < -0.4 is 5.73 Å². The second kappa shape index (κ2) is 11.0. The number of carboxylic acids is 1. The summed E-state index contributed by atoms with van der Waals surface area (Å²) >= 11 is 0. The highest BCUT2D eigenvalue weighted by molar-refractivity contribution is 5.85. The van der Waals surface area contributed by atoms with Gasteiger partial charge in [0.05, 0.1) is 5.92 Å². The molecule has 27 heavy (non-hydrogen) atoms. The molecule has 0 spiro atoms. The fourth-order valence-corrected chi connectivity index (χ4v) is 6.46. The molecule has 2 rings (SSSR count). The third-order valence-electron chi connectivity index (χ3n) is 7.84. The summed E-state index contributed by atoms with van der Waals surface area (Å²) in [7, 11) is 0. The molecular weight excluding hydrogens is 358 g/mol. The van der Waals surface area contributed by atoms with Crippen LogP contribution in [0.4, 0.5) is 0 Å². The topological polar surface area (TPSA) is 63.3 Å². The SMILES string of the molecule is CC1CCC(C(C)C)C([C@@H]2CCC(C(C)C)[C@H]([C@H](CCN)C(=O)O)C2)C1.Cl. The van der Waals surface area contributed by atoms with Crippen LogP contribution in [0.1, 0.15) is 79.6 Å². The third-order valence-corrected chi connectivity index (χ3v) is 7.84. The number of hydrogen-bond donors (Lipinski definition) is 2. The maximum absolute atomic E-state index is 12.0. The molecular formula is C23H44ClNO2. The number of carboxylic acid groups (broad SMARTS) is 1. The van der Waals surface area contributed by atoms with E-state index in [0.29, 0.717) is 36.6 Å². The number of nitrogens with two attached hydrogens (primary N) is 1. The highest BCUT2D eigenvalue weighted by Gasteiger charge is 2.44. The van der Waals surface area contributed by atoms with Crippen molar-refractivity contribution in [1.82, 2.24) is 0 Å². The molecule has 0 bridgehead atoms. The van der Waals surface area contributed by atoms with Crippen LogP contribution in [-0.2, 0) is 4.79 Å². The van der Waals surface area contributed by atoms with Gasteiger partial charge in [-0.25, -0.2) is 0 Å². The average Bonchev–Trinajstić information content (AvgIpc) is 2.58. The number of rotatable bonds is 7. The van der Waals surface area contributed by atoms with Gasteiger partial charge in [0.1, 0.15) is 0 Å². The predicted octanol–water partition coefficient (Wildman–Crippen LogP) is 5.85. The molecule has 0 aromatic carbocycles. The molecule has 160 valence electrons. The van der Waals surface area contributed by atoms with Gasteiger partial charge in [0.25, 0.3) is 0 Å². The van der Waals surface area contributed by atoms with Gasteiger partial charge in [-0.1, -0.05) is 41.0 Å². The van der Waals surface area contributed by atoms with Crippen molar-refractivity contribution in [3.8, 4) is 0 Å². The summed E-state index contributed by atoms with van der Waals surface area (Å²) in [4.78, 5) is 12.0. The molecule has 0 radical (unpaired) electrons. The lowest BCUT2D eigenvalue weighted by Crippen LogP contribution is -2.42. The summed E-state index contributed by atoms with van der Waals surface area (Å²) < 4.78 is 0. The van der Waals surface area contributed by atoms with Crippen molar-refractivity contribution in [1.29, 1.82) is 0 Å². The second-order valence-electron chi connectivity index (χ2n) is 10.2. The van der Waals surface area contributed by atoms with Crippen LogP contribution >= 0.6 is 12.4 Å². The van der Waals surface area contributed by atoms with Crippen LogP contribution in [0.5, 0.6) is 0 Å². The number of halogens is 1. The van der Waals surface area contributed by atoms with E-state index < -0.39 is 5.97 Å². The second-order valence-corrected chi connectivity index (χ2v) is 10.2. The summed E-state index contributed by atoms with van der Waals surface area (Å²) in [5, 5.41) is 9.88. The van der Waals surface area contributed by atoms with E-state index >= 15 is 0 Å². The molecule has 2 saturated carbocycles. The lowest BCUT2D eigenvalue weighted by atomic mass is 9.57. The molecule has 0 saturated heterocycles. The first-order valence-electron chi connectivity index (χ1n) is 11.2. The van der Waals surface area contributed by atoms with Gasteiger partial charge in [-0.05, 0) is 92.4 Å². The zero-order valence-corrected chi connectivity index (χ0v) is 19.0. The third kappa shape index (κ3) is 6.10. The number of carbonyl (C=O) groups is 1. The van der Waals surface area contributed by atoms with Gasteiger partial charge < -0.3 is 10.8 Å². The smallest absolute Gasteiger partial charge is 0.306 e. The highest BCUT2D eigenvalue weighted by Crippen LogP contribution is 2.51. The maximum Gasteiger partial charge on any atom is 0.306 e. The summed E-state index contributed by atoms with van der Waals surface area (Å²) in [6.45, 7) is 12.2. The van der Waals surface area contributed by atoms with Crippen LogP contribution in [-0.4, -0.2) is 17.6 Å². The number of aliphatic carboxylic acids is 1. The van der Waals surface area contributed by atoms with Gasteiger partial charge in [-0.2, -0.15) is 0 Å². The van der Waals surface area contributed by atoms with E-state index in [-0.39, 0.29) is 18.3 Å². The fourth-order valence-electron chi connectivity index (χ4n) is 6.46. The summed E-state index contributed by atoms with van der Waals surface area (Å²) in [6, 6.07) is 0. The molecule has 0 aromatic heterocycles. The minimum Gasteiger partial charge on any atom is -0.481 e. The Kier molecular flexibility index (Phi) is 10.1. The zero-order chi connectivity index (χ0) is 19.4. The van der Waals surface area contributed by atoms with Crippen LogP contribution in [0.3, 0.4) is 0 Å². The van der Waals surface area contributed by atoms with E-state index in [1.54, 1.807) is 0 Å². The van der Waals surface area contributed by atoms with Crippen molar-refractivity contribution >= 4 is 18.4 Å². The van der Waals surface area contributed by atoms with E-state index in [1.807, 2.05) is 0 Å². The highest BCUT2D eigenvalue weighted by atomic mass is 35.5. The van der Waals surface area contributed by atoms with Crippen molar-refractivity contribution in [2.45, 2.75) is 79.6 Å². The Balaban J connectivity index is 0.00000364. The normalized spacial score (nSPS) is 35.7. The molecule has 3 nitrogen and oxygen atoms in total. The van der Waals surface area contributed by atoms with Crippen molar-refractivity contribution in [2.24, 2.45) is 59.0 Å². The first-order chi connectivity index (χ1) is 12.3. The molecule has 2 aliphatic rings. The maximum atomic E-state index is 12.0. The van der Waals surface area contributed by atoms with Crippen LogP contribution in [0, 0.1) is 53.3 Å². The van der Waals surface area contributed by atoms with Gasteiger partial charge in [0.2, 0.25) is 0 Å². The largest absolute Gasteiger partial charge is 0.481 e. The van der Waals surface area contributed by atoms with E-state index in [2.05, 4.69) is 34.6 Å². The van der Waals surface area contributed by atoms with Crippen LogP contribution in [0.2, 0.25) is 0 Å². The Morgan fingerprint density at radius 3 is 2.07 bits per heavy atom. The molecule has 4 unspecified atom stereocenters. The Bertz CT molecular complexity index is 454. The monoisotopic (exact) mass is 401 g/mol. The fraction of sp³-hybridized carbons (Fsp3) is 0.957. The average molecular weight is 402 g/mol.